The van der Waals surface area contributed by atoms with Gasteiger partial charge in [0.15, 0.2) is 5.75 Å². The quantitative estimate of drug-likeness (QED) is 0.620. The van der Waals surface area contributed by atoms with Gasteiger partial charge in [-0.3, -0.25) is 0 Å². The third-order valence-electron chi connectivity index (χ3n) is 3.52. The molecule has 0 saturated carbocycles. The first-order chi connectivity index (χ1) is 9.91. The summed E-state index contributed by atoms with van der Waals surface area (Å²) in [4.78, 5) is 3.83. The molecule has 20 heavy (non-hydrogen) atoms. The van der Waals surface area contributed by atoms with Crippen LogP contribution in [-0.2, 0) is 0 Å². The molecule has 0 aromatic heterocycles. The lowest BCUT2D eigenvalue weighted by atomic mass is 10.3. The van der Waals surface area contributed by atoms with Crippen molar-refractivity contribution in [3.05, 3.63) is 84.9 Å². The average molecular weight is 278 g/mol. The Morgan fingerprint density at radius 3 is 1.60 bits per heavy atom. The van der Waals surface area contributed by atoms with Gasteiger partial charge in [0.1, 0.15) is 0 Å². The standard InChI is InChI=1S/C18H14OS/c1-3-9-15(10-4-1)20(16-11-5-2-6-12-16)18-14-8-7-13-17(18)19-20/h1-14H. The molecule has 3 aromatic rings. The number of hydrogen-bond donors (Lipinski definition) is 0. The minimum absolute atomic E-state index is 1.01. The van der Waals surface area contributed by atoms with Crippen LogP contribution in [0.15, 0.2) is 99.6 Å². The van der Waals surface area contributed by atoms with Gasteiger partial charge in [-0.15, -0.1) is 0 Å². The van der Waals surface area contributed by atoms with E-state index in [9.17, 15) is 0 Å². The molecule has 0 atom stereocenters. The van der Waals surface area contributed by atoms with Crippen molar-refractivity contribution in [2.75, 3.05) is 0 Å². The zero-order valence-corrected chi connectivity index (χ0v) is 11.7. The van der Waals surface area contributed by atoms with Gasteiger partial charge < -0.3 is 4.18 Å². The Bertz CT molecular complexity index is 698. The van der Waals surface area contributed by atoms with Crippen LogP contribution in [0, 0.1) is 0 Å². The van der Waals surface area contributed by atoms with Crippen LogP contribution in [0.2, 0.25) is 0 Å². The van der Waals surface area contributed by atoms with Crippen molar-refractivity contribution in [2.24, 2.45) is 0 Å². The third-order valence-corrected chi connectivity index (χ3v) is 6.78. The predicted octanol–water partition coefficient (Wildman–Crippen LogP) is 5.28. The second-order valence-corrected chi connectivity index (χ2v) is 7.37. The fourth-order valence-corrected chi connectivity index (χ4v) is 5.72. The Labute approximate surface area is 120 Å². The minimum atomic E-state index is -1.51. The average Bonchev–Trinajstić information content (AvgIpc) is 2.51. The molecule has 1 heterocycles. The molecule has 0 N–H and O–H groups in total. The summed E-state index contributed by atoms with van der Waals surface area (Å²) in [6, 6.07) is 29.4. The van der Waals surface area contributed by atoms with Gasteiger partial charge in [0.2, 0.25) is 0 Å². The van der Waals surface area contributed by atoms with Crippen molar-refractivity contribution in [3.63, 3.8) is 0 Å². The summed E-state index contributed by atoms with van der Waals surface area (Å²) in [5.74, 6) is 1.01. The fourth-order valence-electron chi connectivity index (χ4n) is 2.61. The van der Waals surface area contributed by atoms with Gasteiger partial charge in [0, 0.05) is 9.79 Å². The van der Waals surface area contributed by atoms with Crippen molar-refractivity contribution in [1.82, 2.24) is 0 Å². The maximum Gasteiger partial charge on any atom is 0.152 e. The predicted molar refractivity (Wildman–Crippen MR) is 82.3 cm³/mol. The fraction of sp³-hybridized carbons (Fsp3) is 0. The zero-order valence-electron chi connectivity index (χ0n) is 10.9. The molecule has 0 amide bonds. The van der Waals surface area contributed by atoms with Crippen molar-refractivity contribution in [3.8, 4) is 5.75 Å². The molecule has 0 radical (unpaired) electrons. The summed E-state index contributed by atoms with van der Waals surface area (Å²) in [7, 11) is -1.51. The summed E-state index contributed by atoms with van der Waals surface area (Å²) in [6.07, 6.45) is 0. The van der Waals surface area contributed by atoms with E-state index in [4.69, 9.17) is 4.18 Å². The molecular formula is C18H14OS. The lowest BCUT2D eigenvalue weighted by molar-refractivity contribution is 0.548. The molecule has 0 saturated heterocycles. The van der Waals surface area contributed by atoms with Crippen molar-refractivity contribution < 1.29 is 4.18 Å². The van der Waals surface area contributed by atoms with E-state index in [1.165, 1.54) is 14.7 Å². The molecule has 3 aromatic carbocycles. The van der Waals surface area contributed by atoms with E-state index in [1.807, 2.05) is 24.3 Å². The number of fused-ring (bicyclic) bond motifs is 1. The summed E-state index contributed by atoms with van der Waals surface area (Å²) in [5, 5.41) is 0. The highest BCUT2D eigenvalue weighted by molar-refractivity contribution is 8.31. The molecule has 0 aliphatic carbocycles. The molecule has 1 aliphatic heterocycles. The Balaban J connectivity index is 1.98. The highest BCUT2D eigenvalue weighted by atomic mass is 32.3. The van der Waals surface area contributed by atoms with Gasteiger partial charge in [0.25, 0.3) is 0 Å². The van der Waals surface area contributed by atoms with Gasteiger partial charge in [-0.1, -0.05) is 48.5 Å². The van der Waals surface area contributed by atoms with E-state index < -0.39 is 10.3 Å². The summed E-state index contributed by atoms with van der Waals surface area (Å²) in [5.41, 5.74) is 0. The Morgan fingerprint density at radius 2 is 1.05 bits per heavy atom. The summed E-state index contributed by atoms with van der Waals surface area (Å²) < 4.78 is 6.33. The molecule has 0 bridgehead atoms. The molecule has 0 spiro atoms. The van der Waals surface area contributed by atoms with Crippen LogP contribution in [0.5, 0.6) is 5.75 Å². The molecule has 4 rings (SSSR count). The minimum Gasteiger partial charge on any atom is -0.435 e. The molecule has 1 aliphatic rings. The maximum atomic E-state index is 6.33. The molecule has 0 fully saturated rings. The summed E-state index contributed by atoms with van der Waals surface area (Å²) in [6.45, 7) is 0. The van der Waals surface area contributed by atoms with Gasteiger partial charge >= 0.3 is 0 Å². The molecular weight excluding hydrogens is 264 g/mol. The first kappa shape index (κ1) is 11.6. The van der Waals surface area contributed by atoms with E-state index >= 15 is 0 Å². The zero-order chi connectivity index (χ0) is 13.4. The van der Waals surface area contributed by atoms with Crippen LogP contribution in [-0.4, -0.2) is 0 Å². The van der Waals surface area contributed by atoms with Crippen molar-refractivity contribution in [2.45, 2.75) is 14.7 Å². The summed E-state index contributed by atoms with van der Waals surface area (Å²) >= 11 is 0. The largest absolute Gasteiger partial charge is 0.435 e. The number of para-hydroxylation sites is 1. The van der Waals surface area contributed by atoms with E-state index in [-0.39, 0.29) is 0 Å². The Morgan fingerprint density at radius 1 is 0.550 bits per heavy atom. The third kappa shape index (κ3) is 1.52. The van der Waals surface area contributed by atoms with Gasteiger partial charge in [-0.2, -0.15) is 0 Å². The van der Waals surface area contributed by atoms with Crippen LogP contribution in [0.25, 0.3) is 0 Å². The second kappa shape index (κ2) is 4.43. The van der Waals surface area contributed by atoms with Crippen LogP contribution in [0.3, 0.4) is 0 Å². The van der Waals surface area contributed by atoms with Gasteiger partial charge in [-0.05, 0) is 46.7 Å². The van der Waals surface area contributed by atoms with E-state index in [2.05, 4.69) is 60.7 Å². The SMILES string of the molecule is c1ccc(S2(c3ccccc3)Oc3ccccc32)cc1. The molecule has 2 heteroatoms. The van der Waals surface area contributed by atoms with Crippen molar-refractivity contribution in [1.29, 1.82) is 0 Å². The number of hydrogen-bond acceptors (Lipinski definition) is 1. The molecule has 0 unspecified atom stereocenters. The topological polar surface area (TPSA) is 9.23 Å². The lowest BCUT2D eigenvalue weighted by Gasteiger charge is -2.48. The highest BCUT2D eigenvalue weighted by Crippen LogP contribution is 2.77. The first-order valence-electron chi connectivity index (χ1n) is 6.63. The smallest absolute Gasteiger partial charge is 0.152 e. The van der Waals surface area contributed by atoms with E-state index in [0.717, 1.165) is 5.75 Å². The molecule has 1 nitrogen and oxygen atoms in total. The van der Waals surface area contributed by atoms with Crippen LogP contribution in [0.4, 0.5) is 0 Å². The van der Waals surface area contributed by atoms with E-state index in [1.54, 1.807) is 0 Å². The maximum absolute atomic E-state index is 6.33. The van der Waals surface area contributed by atoms with Crippen molar-refractivity contribution >= 4 is 10.3 Å². The lowest BCUT2D eigenvalue weighted by Crippen LogP contribution is -2.19. The number of benzene rings is 3. The first-order valence-corrected chi connectivity index (χ1v) is 8.19. The van der Waals surface area contributed by atoms with Crippen LogP contribution in [0.1, 0.15) is 0 Å². The highest BCUT2D eigenvalue weighted by Gasteiger charge is 2.43. The molecule has 98 valence electrons. The van der Waals surface area contributed by atoms with Gasteiger partial charge in [0.05, 0.1) is 4.90 Å². The van der Waals surface area contributed by atoms with Crippen LogP contribution >= 0.6 is 10.3 Å². The van der Waals surface area contributed by atoms with Gasteiger partial charge in [-0.25, -0.2) is 0 Å². The Hall–Kier alpha value is -2.19. The number of rotatable bonds is 2. The normalized spacial score (nSPS) is 16.4. The monoisotopic (exact) mass is 278 g/mol. The Kier molecular flexibility index (Phi) is 2.57. The van der Waals surface area contributed by atoms with Crippen LogP contribution < -0.4 is 4.18 Å². The van der Waals surface area contributed by atoms with E-state index in [0.29, 0.717) is 0 Å². The second-order valence-electron chi connectivity index (χ2n) is 4.71.